The Kier molecular flexibility index (Phi) is 8.56. The van der Waals surface area contributed by atoms with Crippen molar-refractivity contribution in [3.8, 4) is 0 Å². The molecular formula is C12H26ClN3O. The molecular weight excluding hydrogens is 238 g/mol. The summed E-state index contributed by atoms with van der Waals surface area (Å²) in [4.78, 5) is 16.1. The summed E-state index contributed by atoms with van der Waals surface area (Å²) in [5.41, 5.74) is 0. The van der Waals surface area contributed by atoms with Crippen molar-refractivity contribution in [2.75, 3.05) is 46.3 Å². The Balaban J connectivity index is 0.00000256. The van der Waals surface area contributed by atoms with Crippen LogP contribution in [0, 0.1) is 5.92 Å². The van der Waals surface area contributed by atoms with Gasteiger partial charge in [-0.25, -0.2) is 0 Å². The maximum absolute atomic E-state index is 11.9. The topological polar surface area (TPSA) is 35.6 Å². The van der Waals surface area contributed by atoms with E-state index in [0.29, 0.717) is 6.54 Å². The Hall–Kier alpha value is -0.320. The van der Waals surface area contributed by atoms with Gasteiger partial charge in [0.25, 0.3) is 0 Å². The van der Waals surface area contributed by atoms with E-state index in [9.17, 15) is 4.79 Å². The number of likely N-dealkylation sites (tertiary alicyclic amines) is 1. The second-order valence-corrected chi connectivity index (χ2v) is 4.51. The fourth-order valence-electron chi connectivity index (χ4n) is 2.38. The molecule has 1 heterocycles. The van der Waals surface area contributed by atoms with Gasteiger partial charge in [0.15, 0.2) is 0 Å². The van der Waals surface area contributed by atoms with E-state index in [1.807, 2.05) is 25.8 Å². The molecule has 17 heavy (non-hydrogen) atoms. The van der Waals surface area contributed by atoms with E-state index in [1.54, 1.807) is 0 Å². The summed E-state index contributed by atoms with van der Waals surface area (Å²) >= 11 is 0. The van der Waals surface area contributed by atoms with Crippen molar-refractivity contribution in [1.29, 1.82) is 0 Å². The van der Waals surface area contributed by atoms with E-state index >= 15 is 0 Å². The maximum Gasteiger partial charge on any atom is 0.236 e. The first-order chi connectivity index (χ1) is 7.71. The van der Waals surface area contributed by atoms with E-state index < -0.39 is 0 Å². The molecule has 1 aliphatic heterocycles. The maximum atomic E-state index is 11.9. The summed E-state index contributed by atoms with van der Waals surface area (Å²) in [5, 5.41) is 3.21. The molecule has 5 heteroatoms. The first-order valence-corrected chi connectivity index (χ1v) is 6.35. The fraction of sp³-hybridized carbons (Fsp3) is 0.917. The minimum atomic E-state index is 0. The molecule has 0 saturated carbocycles. The summed E-state index contributed by atoms with van der Waals surface area (Å²) < 4.78 is 0. The van der Waals surface area contributed by atoms with Gasteiger partial charge in [-0.2, -0.15) is 0 Å². The van der Waals surface area contributed by atoms with Crippen LogP contribution in [0.25, 0.3) is 0 Å². The van der Waals surface area contributed by atoms with E-state index in [-0.39, 0.29) is 18.3 Å². The number of hydrogen-bond donors (Lipinski definition) is 1. The number of likely N-dealkylation sites (N-methyl/N-ethyl adjacent to an activating group) is 1. The third kappa shape index (κ3) is 5.23. The van der Waals surface area contributed by atoms with Gasteiger partial charge in [-0.1, -0.05) is 0 Å². The van der Waals surface area contributed by atoms with E-state index in [4.69, 9.17) is 0 Å². The molecule has 1 unspecified atom stereocenters. The highest BCUT2D eigenvalue weighted by Crippen LogP contribution is 2.14. The molecule has 1 fully saturated rings. The molecule has 1 saturated heterocycles. The lowest BCUT2D eigenvalue weighted by molar-refractivity contribution is -0.131. The minimum absolute atomic E-state index is 0. The Labute approximate surface area is 111 Å². The number of hydrogen-bond acceptors (Lipinski definition) is 3. The van der Waals surface area contributed by atoms with E-state index in [1.165, 1.54) is 6.42 Å². The van der Waals surface area contributed by atoms with Crippen molar-refractivity contribution in [3.05, 3.63) is 0 Å². The zero-order valence-electron chi connectivity index (χ0n) is 11.2. The molecule has 1 amide bonds. The van der Waals surface area contributed by atoms with Crippen LogP contribution in [-0.4, -0.2) is 62.0 Å². The van der Waals surface area contributed by atoms with Crippen LogP contribution < -0.4 is 5.32 Å². The molecule has 0 spiro atoms. The lowest BCUT2D eigenvalue weighted by atomic mass is 10.1. The molecule has 0 aromatic carbocycles. The normalized spacial score (nSPS) is 20.1. The highest BCUT2D eigenvalue weighted by Gasteiger charge is 2.24. The number of amides is 1. The van der Waals surface area contributed by atoms with Crippen LogP contribution in [0.5, 0.6) is 0 Å². The Morgan fingerprint density at radius 3 is 2.59 bits per heavy atom. The van der Waals surface area contributed by atoms with E-state index in [0.717, 1.165) is 38.6 Å². The molecule has 0 bridgehead atoms. The highest BCUT2D eigenvalue weighted by atomic mass is 35.5. The number of carbonyl (C=O) groups excluding carboxylic acids is 1. The number of carbonyl (C=O) groups is 1. The lowest BCUT2D eigenvalue weighted by Crippen LogP contribution is -2.39. The Morgan fingerprint density at radius 1 is 1.41 bits per heavy atom. The van der Waals surface area contributed by atoms with Crippen molar-refractivity contribution < 1.29 is 4.79 Å². The van der Waals surface area contributed by atoms with E-state index in [2.05, 4.69) is 10.2 Å². The van der Waals surface area contributed by atoms with Crippen LogP contribution >= 0.6 is 12.4 Å². The van der Waals surface area contributed by atoms with Gasteiger partial charge in [-0.3, -0.25) is 9.69 Å². The zero-order valence-corrected chi connectivity index (χ0v) is 12.1. The smallest absolute Gasteiger partial charge is 0.236 e. The van der Waals surface area contributed by atoms with Crippen molar-refractivity contribution in [2.45, 2.75) is 20.3 Å². The van der Waals surface area contributed by atoms with Gasteiger partial charge in [0.05, 0.1) is 6.54 Å². The van der Waals surface area contributed by atoms with Gasteiger partial charge in [0.1, 0.15) is 0 Å². The largest absolute Gasteiger partial charge is 0.342 e. The van der Waals surface area contributed by atoms with Crippen LogP contribution in [0.15, 0.2) is 0 Å². The third-order valence-corrected chi connectivity index (χ3v) is 3.34. The first-order valence-electron chi connectivity index (χ1n) is 6.35. The highest BCUT2D eigenvalue weighted by molar-refractivity contribution is 5.85. The second kappa shape index (κ2) is 8.72. The molecule has 0 radical (unpaired) electrons. The van der Waals surface area contributed by atoms with Crippen molar-refractivity contribution >= 4 is 18.3 Å². The lowest BCUT2D eigenvalue weighted by Gasteiger charge is -2.22. The molecule has 102 valence electrons. The Morgan fingerprint density at radius 2 is 2.06 bits per heavy atom. The van der Waals surface area contributed by atoms with Gasteiger partial charge in [-0.15, -0.1) is 12.4 Å². The van der Waals surface area contributed by atoms with Crippen LogP contribution in [0.3, 0.4) is 0 Å². The molecule has 1 rings (SSSR count). The monoisotopic (exact) mass is 263 g/mol. The quantitative estimate of drug-likeness (QED) is 0.771. The molecule has 0 aromatic rings. The SMILES string of the molecule is CCN(CC)C(=O)CN1CCC(CNC)C1.Cl. The average Bonchev–Trinajstić information content (AvgIpc) is 2.68. The summed E-state index contributed by atoms with van der Waals surface area (Å²) in [5.74, 6) is 0.990. The second-order valence-electron chi connectivity index (χ2n) is 4.51. The summed E-state index contributed by atoms with van der Waals surface area (Å²) in [7, 11) is 1.99. The van der Waals surface area contributed by atoms with Crippen LogP contribution in [0.4, 0.5) is 0 Å². The summed E-state index contributed by atoms with van der Waals surface area (Å²) in [6, 6.07) is 0. The third-order valence-electron chi connectivity index (χ3n) is 3.34. The summed E-state index contributed by atoms with van der Waals surface area (Å²) in [6.07, 6.45) is 1.21. The average molecular weight is 264 g/mol. The first kappa shape index (κ1) is 16.7. The van der Waals surface area contributed by atoms with Gasteiger partial charge >= 0.3 is 0 Å². The predicted molar refractivity (Wildman–Crippen MR) is 73.6 cm³/mol. The van der Waals surface area contributed by atoms with Crippen LogP contribution in [0.1, 0.15) is 20.3 Å². The number of nitrogens with zero attached hydrogens (tertiary/aromatic N) is 2. The van der Waals surface area contributed by atoms with Gasteiger partial charge < -0.3 is 10.2 Å². The van der Waals surface area contributed by atoms with Crippen molar-refractivity contribution in [1.82, 2.24) is 15.1 Å². The number of nitrogens with one attached hydrogen (secondary N) is 1. The predicted octanol–water partition coefficient (Wildman–Crippen LogP) is 0.818. The van der Waals surface area contributed by atoms with Gasteiger partial charge in [0.2, 0.25) is 5.91 Å². The van der Waals surface area contributed by atoms with Crippen LogP contribution in [-0.2, 0) is 4.79 Å². The van der Waals surface area contributed by atoms with Gasteiger partial charge in [0, 0.05) is 19.6 Å². The fourth-order valence-corrected chi connectivity index (χ4v) is 2.38. The molecule has 1 atom stereocenters. The number of halogens is 1. The van der Waals surface area contributed by atoms with Crippen LogP contribution in [0.2, 0.25) is 0 Å². The van der Waals surface area contributed by atoms with Gasteiger partial charge in [-0.05, 0) is 46.3 Å². The van der Waals surface area contributed by atoms with Crippen molar-refractivity contribution in [2.24, 2.45) is 5.92 Å². The zero-order chi connectivity index (χ0) is 12.0. The molecule has 1 N–H and O–H groups in total. The Bertz CT molecular complexity index is 222. The molecule has 0 aliphatic carbocycles. The minimum Gasteiger partial charge on any atom is -0.342 e. The summed E-state index contributed by atoms with van der Waals surface area (Å²) in [6.45, 7) is 9.52. The standard InChI is InChI=1S/C12H25N3O.ClH/c1-4-15(5-2)12(16)10-14-7-6-11(9-14)8-13-3;/h11,13H,4-10H2,1-3H3;1H. The molecule has 0 aromatic heterocycles. The number of rotatable bonds is 6. The molecule has 1 aliphatic rings. The molecule has 4 nitrogen and oxygen atoms in total. The van der Waals surface area contributed by atoms with Crippen molar-refractivity contribution in [3.63, 3.8) is 0 Å².